The molecule has 31 heavy (non-hydrogen) atoms. The average Bonchev–Trinajstić information content (AvgIpc) is 3.01. The third kappa shape index (κ3) is 4.70. The second-order valence-electron chi connectivity index (χ2n) is 8.28. The Labute approximate surface area is 183 Å². The molecule has 0 radical (unpaired) electrons. The molecule has 7 nitrogen and oxygen atoms in total. The van der Waals surface area contributed by atoms with E-state index in [-0.39, 0.29) is 16.7 Å². The van der Waals surface area contributed by atoms with Crippen LogP contribution < -0.4 is 14.2 Å². The molecular formula is C23H28N2O5S. The van der Waals surface area contributed by atoms with E-state index in [1.807, 2.05) is 32.0 Å². The molecule has 0 aromatic heterocycles. The molecule has 2 aliphatic rings. The molecule has 2 aliphatic heterocycles. The quantitative estimate of drug-likeness (QED) is 0.767. The van der Waals surface area contributed by atoms with Crippen LogP contribution in [0.1, 0.15) is 31.4 Å². The molecule has 1 atom stereocenters. The highest BCUT2D eigenvalue weighted by Crippen LogP contribution is 2.32. The van der Waals surface area contributed by atoms with Gasteiger partial charge in [-0.1, -0.05) is 38.1 Å². The summed E-state index contributed by atoms with van der Waals surface area (Å²) in [6.07, 6.45) is 1.50. The zero-order valence-electron chi connectivity index (χ0n) is 17.8. The van der Waals surface area contributed by atoms with E-state index < -0.39 is 16.1 Å². The van der Waals surface area contributed by atoms with Gasteiger partial charge in [-0.05, 0) is 35.6 Å². The monoisotopic (exact) mass is 444 g/mol. The van der Waals surface area contributed by atoms with Gasteiger partial charge in [-0.15, -0.1) is 0 Å². The first kappa shape index (κ1) is 21.6. The Hall–Kier alpha value is -2.58. The number of benzene rings is 2. The number of rotatable bonds is 5. The smallest absolute Gasteiger partial charge is 0.241 e. The first-order valence-electron chi connectivity index (χ1n) is 10.6. The van der Waals surface area contributed by atoms with Crippen LogP contribution in [0.15, 0.2) is 47.4 Å². The molecule has 166 valence electrons. The number of carbonyl (C=O) groups excluding carboxylic acids is 1. The molecule has 1 amide bonds. The largest absolute Gasteiger partial charge is 0.490 e. The van der Waals surface area contributed by atoms with E-state index in [9.17, 15) is 13.2 Å². The summed E-state index contributed by atoms with van der Waals surface area (Å²) >= 11 is 0. The lowest BCUT2D eigenvalue weighted by molar-refractivity contribution is -0.135. The maximum atomic E-state index is 13.3. The first-order chi connectivity index (χ1) is 14.8. The van der Waals surface area contributed by atoms with E-state index in [0.717, 1.165) is 18.4 Å². The van der Waals surface area contributed by atoms with E-state index in [2.05, 4.69) is 10.8 Å². The fraction of sp³-hybridized carbons (Fsp3) is 0.435. The predicted molar refractivity (Wildman–Crippen MR) is 117 cm³/mol. The van der Waals surface area contributed by atoms with Gasteiger partial charge < -0.3 is 14.4 Å². The molecule has 4 rings (SSSR count). The van der Waals surface area contributed by atoms with Crippen LogP contribution >= 0.6 is 0 Å². The molecular weight excluding hydrogens is 416 g/mol. The van der Waals surface area contributed by atoms with Crippen molar-refractivity contribution in [2.75, 3.05) is 19.8 Å². The second kappa shape index (κ2) is 8.88. The van der Waals surface area contributed by atoms with Gasteiger partial charge in [-0.25, -0.2) is 8.42 Å². The molecule has 2 heterocycles. The number of nitrogens with zero attached hydrogens (tertiary/aromatic N) is 1. The van der Waals surface area contributed by atoms with Crippen LogP contribution in [0.3, 0.4) is 0 Å². The summed E-state index contributed by atoms with van der Waals surface area (Å²) in [6.45, 7) is 5.75. The Morgan fingerprint density at radius 1 is 1.03 bits per heavy atom. The number of fused-ring (bicyclic) bond motifs is 2. The van der Waals surface area contributed by atoms with E-state index in [1.165, 1.54) is 17.7 Å². The lowest BCUT2D eigenvalue weighted by atomic mass is 9.97. The zero-order chi connectivity index (χ0) is 22.0. The number of amides is 1. The Bertz CT molecular complexity index is 1070. The lowest BCUT2D eigenvalue weighted by Gasteiger charge is -2.33. The zero-order valence-corrected chi connectivity index (χ0v) is 18.7. The van der Waals surface area contributed by atoms with Gasteiger partial charge in [-0.2, -0.15) is 4.72 Å². The van der Waals surface area contributed by atoms with Crippen molar-refractivity contribution >= 4 is 15.9 Å². The maximum Gasteiger partial charge on any atom is 0.241 e. The lowest BCUT2D eigenvalue weighted by Crippen LogP contribution is -2.52. The number of sulfonamides is 1. The van der Waals surface area contributed by atoms with E-state index >= 15 is 0 Å². The summed E-state index contributed by atoms with van der Waals surface area (Å²) in [5.74, 6) is 0.516. The van der Waals surface area contributed by atoms with Crippen LogP contribution in [0, 0.1) is 5.92 Å². The summed E-state index contributed by atoms with van der Waals surface area (Å²) in [6, 6.07) is 11.7. The van der Waals surface area contributed by atoms with Crippen LogP contribution in [-0.2, 0) is 27.8 Å². The first-order valence-corrected chi connectivity index (χ1v) is 12.1. The van der Waals surface area contributed by atoms with Crippen molar-refractivity contribution in [1.82, 2.24) is 9.62 Å². The number of carbonyl (C=O) groups is 1. The van der Waals surface area contributed by atoms with Crippen LogP contribution in [0.5, 0.6) is 11.5 Å². The van der Waals surface area contributed by atoms with Gasteiger partial charge in [0, 0.05) is 25.6 Å². The van der Waals surface area contributed by atoms with Gasteiger partial charge in [0.25, 0.3) is 0 Å². The van der Waals surface area contributed by atoms with Gasteiger partial charge in [0.1, 0.15) is 6.04 Å². The standard InChI is InChI=1S/C23H28N2O5S/c1-16(2)22(23(26)25-11-10-17-6-3-4-7-18(17)15-25)24-31(27,28)19-8-9-20-21(14-19)30-13-5-12-29-20/h3-4,6-9,14,16,22,24H,5,10-13,15H2,1-2H3. The highest BCUT2D eigenvalue weighted by atomic mass is 32.2. The minimum absolute atomic E-state index is 0.0548. The van der Waals surface area contributed by atoms with Gasteiger partial charge in [-0.3, -0.25) is 4.79 Å². The van der Waals surface area contributed by atoms with E-state index in [0.29, 0.717) is 37.8 Å². The minimum atomic E-state index is -3.93. The van der Waals surface area contributed by atoms with Crippen LogP contribution in [-0.4, -0.2) is 45.0 Å². The van der Waals surface area contributed by atoms with Gasteiger partial charge in [0.15, 0.2) is 11.5 Å². The third-order valence-electron chi connectivity index (χ3n) is 5.69. The highest BCUT2D eigenvalue weighted by molar-refractivity contribution is 7.89. The Balaban J connectivity index is 1.54. The number of ether oxygens (including phenoxy) is 2. The third-order valence-corrected chi connectivity index (χ3v) is 7.13. The van der Waals surface area contributed by atoms with Crippen molar-refractivity contribution in [3.63, 3.8) is 0 Å². The van der Waals surface area contributed by atoms with Crippen LogP contribution in [0.25, 0.3) is 0 Å². The number of hydrogen-bond donors (Lipinski definition) is 1. The molecule has 8 heteroatoms. The fourth-order valence-electron chi connectivity index (χ4n) is 3.90. The van der Waals surface area contributed by atoms with E-state index in [4.69, 9.17) is 9.47 Å². The maximum absolute atomic E-state index is 13.3. The summed E-state index contributed by atoms with van der Waals surface area (Å²) in [4.78, 5) is 15.1. The summed E-state index contributed by atoms with van der Waals surface area (Å²) in [7, 11) is -3.93. The molecule has 1 N–H and O–H groups in total. The highest BCUT2D eigenvalue weighted by Gasteiger charge is 2.33. The van der Waals surface area contributed by atoms with Gasteiger partial charge in [0.2, 0.25) is 15.9 Å². The molecule has 2 aromatic carbocycles. The van der Waals surface area contributed by atoms with Crippen molar-refractivity contribution in [2.45, 2.75) is 44.2 Å². The average molecular weight is 445 g/mol. The fourth-order valence-corrected chi connectivity index (χ4v) is 5.25. The van der Waals surface area contributed by atoms with Gasteiger partial charge in [0.05, 0.1) is 18.1 Å². The van der Waals surface area contributed by atoms with E-state index in [1.54, 1.807) is 11.0 Å². The SMILES string of the molecule is CC(C)C(NS(=O)(=O)c1ccc2c(c1)OCCCO2)C(=O)N1CCc2ccccc2C1. The molecule has 0 saturated carbocycles. The van der Waals surface area contributed by atoms with Crippen molar-refractivity contribution in [1.29, 1.82) is 0 Å². The van der Waals surface area contributed by atoms with Crippen molar-refractivity contribution in [3.8, 4) is 11.5 Å². The van der Waals surface area contributed by atoms with Gasteiger partial charge >= 0.3 is 0 Å². The molecule has 0 aliphatic carbocycles. The Morgan fingerprint density at radius 3 is 2.48 bits per heavy atom. The summed E-state index contributed by atoms with van der Waals surface area (Å²) < 4.78 is 40.1. The van der Waals surface area contributed by atoms with Crippen molar-refractivity contribution in [2.24, 2.45) is 5.92 Å². The molecule has 1 unspecified atom stereocenters. The molecule has 2 aromatic rings. The summed E-state index contributed by atoms with van der Waals surface area (Å²) in [5.41, 5.74) is 2.34. The number of nitrogens with one attached hydrogen (secondary N) is 1. The molecule has 0 spiro atoms. The molecule has 0 bridgehead atoms. The topological polar surface area (TPSA) is 84.9 Å². The number of hydrogen-bond acceptors (Lipinski definition) is 5. The van der Waals surface area contributed by atoms with Crippen molar-refractivity contribution in [3.05, 3.63) is 53.6 Å². The van der Waals surface area contributed by atoms with Crippen molar-refractivity contribution < 1.29 is 22.7 Å². The molecule has 0 fully saturated rings. The van der Waals surface area contributed by atoms with Crippen LogP contribution in [0.2, 0.25) is 0 Å². The molecule has 0 saturated heterocycles. The van der Waals surface area contributed by atoms with Crippen LogP contribution in [0.4, 0.5) is 0 Å². The second-order valence-corrected chi connectivity index (χ2v) is 9.99. The summed E-state index contributed by atoms with van der Waals surface area (Å²) in [5, 5.41) is 0. The predicted octanol–water partition coefficient (Wildman–Crippen LogP) is 2.74. The Kier molecular flexibility index (Phi) is 6.20. The minimum Gasteiger partial charge on any atom is -0.490 e. The normalized spacial score (nSPS) is 17.1. The Morgan fingerprint density at radius 2 is 1.74 bits per heavy atom.